The van der Waals surface area contributed by atoms with Gasteiger partial charge >= 0.3 is 0 Å². The topological polar surface area (TPSA) is 75.3 Å². The zero-order valence-electron chi connectivity index (χ0n) is 17.0. The van der Waals surface area contributed by atoms with Gasteiger partial charge < -0.3 is 5.32 Å². The van der Waals surface area contributed by atoms with Crippen molar-refractivity contribution in [2.24, 2.45) is 0 Å². The molecule has 0 bridgehead atoms. The molecule has 0 saturated heterocycles. The Morgan fingerprint density at radius 1 is 0.839 bits per heavy atom. The molecule has 4 rings (SSSR count). The van der Waals surface area contributed by atoms with E-state index in [1.165, 1.54) is 6.07 Å². The van der Waals surface area contributed by atoms with Crippen LogP contribution in [-0.4, -0.2) is 14.3 Å². The van der Waals surface area contributed by atoms with Crippen LogP contribution in [0.15, 0.2) is 95.9 Å². The minimum atomic E-state index is -3.73. The van der Waals surface area contributed by atoms with Crippen LogP contribution in [0.2, 0.25) is 0 Å². The summed E-state index contributed by atoms with van der Waals surface area (Å²) in [5, 5.41) is 5.12. The summed E-state index contributed by atoms with van der Waals surface area (Å²) in [4.78, 5) is 12.9. The average molecular weight is 431 g/mol. The maximum absolute atomic E-state index is 12.7. The van der Waals surface area contributed by atoms with Gasteiger partial charge in [0.05, 0.1) is 4.90 Å². The van der Waals surface area contributed by atoms with Crippen LogP contribution < -0.4 is 10.0 Å². The summed E-state index contributed by atoms with van der Waals surface area (Å²) in [6.45, 7) is 2.27. The highest BCUT2D eigenvalue weighted by Gasteiger charge is 2.15. The molecule has 0 radical (unpaired) electrons. The monoisotopic (exact) mass is 430 g/mol. The summed E-state index contributed by atoms with van der Waals surface area (Å²) in [6.07, 6.45) is 0. The van der Waals surface area contributed by atoms with E-state index in [1.807, 2.05) is 49.4 Å². The highest BCUT2D eigenvalue weighted by Crippen LogP contribution is 2.20. The first kappa shape index (κ1) is 20.6. The highest BCUT2D eigenvalue weighted by molar-refractivity contribution is 7.92. The van der Waals surface area contributed by atoms with Crippen LogP contribution in [-0.2, 0) is 16.6 Å². The molecule has 156 valence electrons. The number of rotatable bonds is 6. The maximum Gasteiger partial charge on any atom is 0.261 e. The lowest BCUT2D eigenvalue weighted by molar-refractivity contribution is 0.0951. The van der Waals surface area contributed by atoms with E-state index in [1.54, 1.807) is 42.5 Å². The van der Waals surface area contributed by atoms with Crippen LogP contribution in [0.5, 0.6) is 0 Å². The first-order valence-corrected chi connectivity index (χ1v) is 11.4. The molecule has 0 spiro atoms. The SMILES string of the molecule is Cc1ccc(S(=O)(=O)Nc2cccc(C(=O)NCc3cccc4ccccc34)c2)cc1. The molecule has 0 saturated carbocycles. The average Bonchev–Trinajstić information content (AvgIpc) is 2.77. The number of nitrogens with one attached hydrogen (secondary N) is 2. The van der Waals surface area contributed by atoms with Gasteiger partial charge in [-0.2, -0.15) is 0 Å². The van der Waals surface area contributed by atoms with E-state index < -0.39 is 10.0 Å². The Morgan fingerprint density at radius 2 is 1.55 bits per heavy atom. The summed E-state index contributed by atoms with van der Waals surface area (Å²) < 4.78 is 27.8. The van der Waals surface area contributed by atoms with Gasteiger partial charge in [0, 0.05) is 17.8 Å². The highest BCUT2D eigenvalue weighted by atomic mass is 32.2. The van der Waals surface area contributed by atoms with E-state index in [-0.39, 0.29) is 10.8 Å². The van der Waals surface area contributed by atoms with Gasteiger partial charge in [0.1, 0.15) is 0 Å². The van der Waals surface area contributed by atoms with Crippen LogP contribution in [0.25, 0.3) is 10.8 Å². The molecule has 0 aliphatic carbocycles. The molecular formula is C25H22N2O3S. The van der Waals surface area contributed by atoms with Crippen molar-refractivity contribution >= 4 is 32.4 Å². The first-order chi connectivity index (χ1) is 14.9. The number of carbonyl (C=O) groups excluding carboxylic acids is 1. The maximum atomic E-state index is 12.7. The molecule has 0 aliphatic heterocycles. The zero-order valence-corrected chi connectivity index (χ0v) is 17.8. The summed E-state index contributed by atoms with van der Waals surface area (Å²) >= 11 is 0. The number of benzene rings is 4. The minimum absolute atomic E-state index is 0.170. The van der Waals surface area contributed by atoms with Gasteiger partial charge in [-0.25, -0.2) is 8.42 Å². The van der Waals surface area contributed by atoms with E-state index in [9.17, 15) is 13.2 Å². The Hall–Kier alpha value is -3.64. The van der Waals surface area contributed by atoms with Crippen molar-refractivity contribution in [2.45, 2.75) is 18.4 Å². The standard InChI is InChI=1S/C25H22N2O3S/c1-18-12-14-23(15-13-18)31(29,30)27-22-10-5-8-20(16-22)25(28)26-17-21-9-4-7-19-6-2-3-11-24(19)21/h2-16,27H,17H2,1H3,(H,26,28). The summed E-state index contributed by atoms with van der Waals surface area (Å²) in [6, 6.07) is 27.0. The van der Waals surface area contributed by atoms with Crippen molar-refractivity contribution < 1.29 is 13.2 Å². The van der Waals surface area contributed by atoms with Crippen molar-refractivity contribution in [1.29, 1.82) is 0 Å². The molecule has 0 aliphatic rings. The van der Waals surface area contributed by atoms with Crippen molar-refractivity contribution in [3.05, 3.63) is 108 Å². The second-order valence-corrected chi connectivity index (χ2v) is 9.00. The van der Waals surface area contributed by atoms with Crippen molar-refractivity contribution in [1.82, 2.24) is 5.32 Å². The van der Waals surface area contributed by atoms with Gasteiger partial charge in [-0.3, -0.25) is 9.52 Å². The number of amides is 1. The van der Waals surface area contributed by atoms with Crippen LogP contribution in [0.1, 0.15) is 21.5 Å². The number of hydrogen-bond acceptors (Lipinski definition) is 3. The lowest BCUT2D eigenvalue weighted by Crippen LogP contribution is -2.23. The fraction of sp³-hybridized carbons (Fsp3) is 0.0800. The summed E-state index contributed by atoms with van der Waals surface area (Å²) in [7, 11) is -3.73. The number of carbonyl (C=O) groups is 1. The molecule has 4 aromatic carbocycles. The van der Waals surface area contributed by atoms with Gasteiger partial charge in [0.25, 0.3) is 15.9 Å². The molecule has 0 unspecified atom stereocenters. The van der Waals surface area contributed by atoms with Gasteiger partial charge in [0.2, 0.25) is 0 Å². The molecule has 5 nitrogen and oxygen atoms in total. The molecular weight excluding hydrogens is 408 g/mol. The largest absolute Gasteiger partial charge is 0.348 e. The van der Waals surface area contributed by atoms with E-state index in [0.717, 1.165) is 21.9 Å². The number of fused-ring (bicyclic) bond motifs is 1. The Bertz CT molecular complexity index is 1340. The van der Waals surface area contributed by atoms with Crippen LogP contribution in [0, 0.1) is 6.92 Å². The van der Waals surface area contributed by atoms with Crippen LogP contribution in [0.4, 0.5) is 5.69 Å². The molecule has 0 heterocycles. The molecule has 2 N–H and O–H groups in total. The minimum Gasteiger partial charge on any atom is -0.348 e. The smallest absolute Gasteiger partial charge is 0.261 e. The van der Waals surface area contributed by atoms with Crippen LogP contribution >= 0.6 is 0 Å². The van der Waals surface area contributed by atoms with Crippen molar-refractivity contribution in [3.8, 4) is 0 Å². The first-order valence-electron chi connectivity index (χ1n) is 9.87. The van der Waals surface area contributed by atoms with Gasteiger partial charge in [0.15, 0.2) is 0 Å². The van der Waals surface area contributed by atoms with E-state index in [0.29, 0.717) is 17.8 Å². The third-order valence-electron chi connectivity index (χ3n) is 5.03. The number of aryl methyl sites for hydroxylation is 1. The Morgan fingerprint density at radius 3 is 2.35 bits per heavy atom. The molecule has 6 heteroatoms. The Labute approximate surface area is 181 Å². The van der Waals surface area contributed by atoms with Gasteiger partial charge in [-0.05, 0) is 53.6 Å². The predicted molar refractivity (Wildman–Crippen MR) is 124 cm³/mol. The molecule has 0 atom stereocenters. The zero-order chi connectivity index (χ0) is 21.8. The van der Waals surface area contributed by atoms with E-state index in [4.69, 9.17) is 0 Å². The lowest BCUT2D eigenvalue weighted by atomic mass is 10.0. The summed E-state index contributed by atoms with van der Waals surface area (Å²) in [5.41, 5.74) is 2.70. The normalized spacial score (nSPS) is 11.3. The van der Waals surface area contributed by atoms with Gasteiger partial charge in [-0.15, -0.1) is 0 Å². The number of hydrogen-bond donors (Lipinski definition) is 2. The van der Waals surface area contributed by atoms with Crippen LogP contribution in [0.3, 0.4) is 0 Å². The lowest BCUT2D eigenvalue weighted by Gasteiger charge is -2.11. The fourth-order valence-electron chi connectivity index (χ4n) is 3.38. The van der Waals surface area contributed by atoms with E-state index in [2.05, 4.69) is 10.0 Å². The number of anilines is 1. The third-order valence-corrected chi connectivity index (χ3v) is 6.42. The molecule has 1 amide bonds. The van der Waals surface area contributed by atoms with Crippen molar-refractivity contribution in [3.63, 3.8) is 0 Å². The molecule has 4 aromatic rings. The van der Waals surface area contributed by atoms with E-state index >= 15 is 0 Å². The van der Waals surface area contributed by atoms with Gasteiger partial charge in [-0.1, -0.05) is 66.2 Å². The number of sulfonamides is 1. The van der Waals surface area contributed by atoms with Crippen molar-refractivity contribution in [2.75, 3.05) is 4.72 Å². The Balaban J connectivity index is 1.48. The molecule has 0 aromatic heterocycles. The second kappa shape index (κ2) is 8.62. The second-order valence-electron chi connectivity index (χ2n) is 7.32. The predicted octanol–water partition coefficient (Wildman–Crippen LogP) is 4.88. The quantitative estimate of drug-likeness (QED) is 0.458. The third kappa shape index (κ3) is 4.75. The fourth-order valence-corrected chi connectivity index (χ4v) is 4.43. The molecule has 0 fully saturated rings. The summed E-state index contributed by atoms with van der Waals surface area (Å²) in [5.74, 6) is -0.274. The Kier molecular flexibility index (Phi) is 5.73. The molecule has 31 heavy (non-hydrogen) atoms.